The topological polar surface area (TPSA) is 65.8 Å². The van der Waals surface area contributed by atoms with Crippen molar-refractivity contribution in [1.29, 1.82) is 5.26 Å². The first-order valence-corrected chi connectivity index (χ1v) is 5.58. The number of nitrogens with zero attached hydrogens (tertiary/aromatic N) is 2. The van der Waals surface area contributed by atoms with E-state index in [1.807, 2.05) is 6.07 Å². The molecule has 2 rings (SSSR count). The second kappa shape index (κ2) is 5.74. The van der Waals surface area contributed by atoms with Gasteiger partial charge in [0, 0.05) is 12.7 Å². The fourth-order valence-electron chi connectivity index (χ4n) is 1.48. The lowest BCUT2D eigenvalue weighted by Crippen LogP contribution is -2.22. The van der Waals surface area contributed by atoms with E-state index in [2.05, 4.69) is 10.3 Å². The fourth-order valence-corrected chi connectivity index (χ4v) is 1.48. The van der Waals surface area contributed by atoms with E-state index in [4.69, 9.17) is 5.26 Å². The van der Waals surface area contributed by atoms with E-state index in [0.717, 1.165) is 5.56 Å². The number of carbonyl (C=O) groups is 1. The predicted octanol–water partition coefficient (Wildman–Crippen LogP) is 2.02. The van der Waals surface area contributed by atoms with Crippen LogP contribution in [0.4, 0.5) is 4.39 Å². The van der Waals surface area contributed by atoms with Crippen LogP contribution in [-0.4, -0.2) is 10.9 Å². The molecule has 0 aliphatic heterocycles. The summed E-state index contributed by atoms with van der Waals surface area (Å²) in [6.07, 6.45) is 1.35. The molecule has 0 spiro atoms. The van der Waals surface area contributed by atoms with Gasteiger partial charge in [0.2, 0.25) is 0 Å². The highest BCUT2D eigenvalue weighted by atomic mass is 19.1. The summed E-state index contributed by atoms with van der Waals surface area (Å²) in [7, 11) is 0. The number of hydrogen-bond acceptors (Lipinski definition) is 3. The normalized spacial score (nSPS) is 9.68. The van der Waals surface area contributed by atoms with Crippen LogP contribution in [0, 0.1) is 17.1 Å². The lowest BCUT2D eigenvalue weighted by atomic mass is 10.2. The molecule has 2 aromatic rings. The summed E-state index contributed by atoms with van der Waals surface area (Å²) in [5.74, 6) is -0.604. The van der Waals surface area contributed by atoms with Crippen molar-refractivity contribution in [3.8, 4) is 6.07 Å². The van der Waals surface area contributed by atoms with Gasteiger partial charge in [-0.2, -0.15) is 5.26 Å². The largest absolute Gasteiger partial charge is 0.348 e. The number of benzene rings is 1. The Bertz CT molecular complexity index is 615. The third-order valence-corrected chi connectivity index (χ3v) is 2.51. The van der Waals surface area contributed by atoms with Gasteiger partial charge in [0.05, 0.1) is 5.56 Å². The minimum absolute atomic E-state index is 0.259. The van der Waals surface area contributed by atoms with Gasteiger partial charge in [0.25, 0.3) is 5.91 Å². The van der Waals surface area contributed by atoms with Crippen LogP contribution in [0.2, 0.25) is 0 Å². The van der Waals surface area contributed by atoms with Gasteiger partial charge in [-0.15, -0.1) is 0 Å². The molecule has 0 saturated heterocycles. The fraction of sp³-hybridized carbons (Fsp3) is 0.0714. The van der Waals surface area contributed by atoms with Crippen molar-refractivity contribution in [2.45, 2.75) is 6.54 Å². The monoisotopic (exact) mass is 255 g/mol. The molecule has 0 bridgehead atoms. The van der Waals surface area contributed by atoms with E-state index in [0.29, 0.717) is 12.1 Å². The van der Waals surface area contributed by atoms with Crippen LogP contribution in [0.25, 0.3) is 0 Å². The van der Waals surface area contributed by atoms with Crippen LogP contribution in [0.1, 0.15) is 21.6 Å². The van der Waals surface area contributed by atoms with Gasteiger partial charge in [0.1, 0.15) is 17.6 Å². The average molecular weight is 255 g/mol. The number of nitriles is 1. The minimum atomic E-state index is -0.314. The molecule has 1 heterocycles. The van der Waals surface area contributed by atoms with E-state index in [-0.39, 0.29) is 17.4 Å². The number of halogens is 1. The highest BCUT2D eigenvalue weighted by Gasteiger charge is 2.05. The first-order valence-electron chi connectivity index (χ1n) is 5.58. The van der Waals surface area contributed by atoms with Crippen molar-refractivity contribution in [3.63, 3.8) is 0 Å². The van der Waals surface area contributed by atoms with E-state index < -0.39 is 0 Å². The molecule has 1 amide bonds. The summed E-state index contributed by atoms with van der Waals surface area (Å²) >= 11 is 0. The third-order valence-electron chi connectivity index (χ3n) is 2.51. The zero-order valence-electron chi connectivity index (χ0n) is 9.93. The van der Waals surface area contributed by atoms with Gasteiger partial charge < -0.3 is 5.32 Å². The van der Waals surface area contributed by atoms with Gasteiger partial charge in [-0.05, 0) is 29.8 Å². The highest BCUT2D eigenvalue weighted by molar-refractivity contribution is 5.93. The van der Waals surface area contributed by atoms with Crippen molar-refractivity contribution in [1.82, 2.24) is 10.3 Å². The lowest BCUT2D eigenvalue weighted by molar-refractivity contribution is 0.0950. The van der Waals surface area contributed by atoms with Gasteiger partial charge in [-0.3, -0.25) is 4.79 Å². The Labute approximate surface area is 109 Å². The van der Waals surface area contributed by atoms with Crippen molar-refractivity contribution < 1.29 is 9.18 Å². The minimum Gasteiger partial charge on any atom is -0.348 e. The molecular formula is C14H10FN3O. The third kappa shape index (κ3) is 3.36. The molecule has 1 N–H and O–H groups in total. The second-order valence-corrected chi connectivity index (χ2v) is 3.85. The average Bonchev–Trinajstić information content (AvgIpc) is 2.46. The Balaban J connectivity index is 1.97. The number of amides is 1. The summed E-state index contributed by atoms with van der Waals surface area (Å²) < 4.78 is 12.7. The van der Waals surface area contributed by atoms with Gasteiger partial charge >= 0.3 is 0 Å². The Morgan fingerprint density at radius 3 is 2.58 bits per heavy atom. The van der Waals surface area contributed by atoms with E-state index in [9.17, 15) is 9.18 Å². The Morgan fingerprint density at radius 1 is 1.26 bits per heavy atom. The molecule has 4 nitrogen and oxygen atoms in total. The summed E-state index contributed by atoms with van der Waals surface area (Å²) in [5, 5.41) is 11.3. The maximum Gasteiger partial charge on any atom is 0.253 e. The van der Waals surface area contributed by atoms with Gasteiger partial charge in [-0.25, -0.2) is 9.37 Å². The Kier molecular flexibility index (Phi) is 3.84. The summed E-state index contributed by atoms with van der Waals surface area (Å²) in [5.41, 5.74) is 1.44. The molecule has 1 aromatic heterocycles. The predicted molar refractivity (Wildman–Crippen MR) is 66.5 cm³/mol. The Hall–Kier alpha value is -2.74. The summed E-state index contributed by atoms with van der Waals surface area (Å²) in [6, 6.07) is 10.8. The van der Waals surface area contributed by atoms with Crippen LogP contribution in [0.15, 0.2) is 42.6 Å². The second-order valence-electron chi connectivity index (χ2n) is 3.85. The molecular weight excluding hydrogens is 245 g/mol. The first-order chi connectivity index (χ1) is 9.19. The van der Waals surface area contributed by atoms with Crippen molar-refractivity contribution >= 4 is 5.91 Å². The number of rotatable bonds is 3. The highest BCUT2D eigenvalue weighted by Crippen LogP contribution is 2.04. The zero-order chi connectivity index (χ0) is 13.7. The van der Waals surface area contributed by atoms with Crippen LogP contribution < -0.4 is 5.32 Å². The SMILES string of the molecule is N#Cc1ccc(C(=O)NCc2ccc(F)cc2)cn1. The lowest BCUT2D eigenvalue weighted by Gasteiger charge is -2.05. The molecule has 0 aliphatic carbocycles. The van der Waals surface area contributed by atoms with E-state index in [1.165, 1.54) is 30.5 Å². The molecule has 0 saturated carbocycles. The summed E-state index contributed by atoms with van der Waals surface area (Å²) in [4.78, 5) is 15.6. The molecule has 0 atom stereocenters. The van der Waals surface area contributed by atoms with E-state index >= 15 is 0 Å². The molecule has 5 heteroatoms. The van der Waals surface area contributed by atoms with Crippen molar-refractivity contribution in [3.05, 3.63) is 65.2 Å². The smallest absolute Gasteiger partial charge is 0.253 e. The summed E-state index contributed by atoms with van der Waals surface area (Å²) in [6.45, 7) is 0.305. The zero-order valence-corrected chi connectivity index (χ0v) is 9.93. The number of aromatic nitrogens is 1. The standard InChI is InChI=1S/C14H10FN3O/c15-12-4-1-10(2-5-12)8-18-14(19)11-3-6-13(7-16)17-9-11/h1-6,9H,8H2,(H,18,19). The quantitative estimate of drug-likeness (QED) is 0.912. The van der Waals surface area contributed by atoms with Crippen LogP contribution in [0.3, 0.4) is 0 Å². The number of pyridine rings is 1. The Morgan fingerprint density at radius 2 is 2.00 bits per heavy atom. The van der Waals surface area contributed by atoms with Crippen LogP contribution in [0.5, 0.6) is 0 Å². The molecule has 1 aromatic carbocycles. The molecule has 0 radical (unpaired) electrons. The maximum atomic E-state index is 12.7. The van der Waals surface area contributed by atoms with Gasteiger partial charge in [0.15, 0.2) is 0 Å². The molecule has 0 unspecified atom stereocenters. The van der Waals surface area contributed by atoms with E-state index in [1.54, 1.807) is 12.1 Å². The number of nitrogens with one attached hydrogen (secondary N) is 1. The molecule has 19 heavy (non-hydrogen) atoms. The van der Waals surface area contributed by atoms with Gasteiger partial charge in [-0.1, -0.05) is 12.1 Å². The van der Waals surface area contributed by atoms with Crippen molar-refractivity contribution in [2.24, 2.45) is 0 Å². The van der Waals surface area contributed by atoms with Crippen molar-refractivity contribution in [2.75, 3.05) is 0 Å². The van der Waals surface area contributed by atoms with Crippen LogP contribution >= 0.6 is 0 Å². The first kappa shape index (κ1) is 12.7. The number of carbonyl (C=O) groups excluding carboxylic acids is 1. The number of hydrogen-bond donors (Lipinski definition) is 1. The molecule has 94 valence electrons. The van der Waals surface area contributed by atoms with Crippen LogP contribution in [-0.2, 0) is 6.54 Å². The molecule has 0 aliphatic rings. The maximum absolute atomic E-state index is 12.7. The molecule has 0 fully saturated rings.